The Kier molecular flexibility index (Phi) is 1.09. The lowest BCUT2D eigenvalue weighted by molar-refractivity contribution is -0.118. The van der Waals surface area contributed by atoms with E-state index in [0.717, 1.165) is 0 Å². The van der Waals surface area contributed by atoms with Crippen molar-refractivity contribution in [1.82, 2.24) is 0 Å². The Morgan fingerprint density at radius 3 is 2.11 bits per heavy atom. The molecule has 0 aromatic heterocycles. The molecule has 0 heterocycles. The Balaban J connectivity index is 2.65. The highest BCUT2D eigenvalue weighted by molar-refractivity contribution is 6.04. The molecule has 0 saturated heterocycles. The van der Waals surface area contributed by atoms with Crippen LogP contribution in [0, 0.1) is 5.41 Å². The molecule has 1 aliphatic carbocycles. The quantitative estimate of drug-likeness (QED) is 0.402. The first kappa shape index (κ1) is 6.27. The minimum Gasteiger partial charge on any atom is -0.293 e. The van der Waals surface area contributed by atoms with Crippen LogP contribution in [0.15, 0.2) is 24.3 Å². The Morgan fingerprint density at radius 1 is 1.56 bits per heavy atom. The van der Waals surface area contributed by atoms with E-state index in [1.54, 1.807) is 6.92 Å². The van der Waals surface area contributed by atoms with Crippen LogP contribution in [0.1, 0.15) is 13.8 Å². The van der Waals surface area contributed by atoms with Crippen LogP contribution in [0.3, 0.4) is 0 Å². The molecule has 0 saturated carbocycles. The van der Waals surface area contributed by atoms with Crippen LogP contribution in [0.5, 0.6) is 0 Å². The standard InChI is InChI=1S/C8H10O/c1-6(2)7(9)8(3)4-5-8/h4-5H,1H2,2-3H3. The summed E-state index contributed by atoms with van der Waals surface area (Å²) in [5.41, 5.74) is 0.383. The van der Waals surface area contributed by atoms with Gasteiger partial charge in [0.25, 0.3) is 0 Å². The molecule has 0 N–H and O–H groups in total. The van der Waals surface area contributed by atoms with Gasteiger partial charge in [0.15, 0.2) is 5.78 Å². The predicted molar refractivity (Wildman–Crippen MR) is 37.1 cm³/mol. The summed E-state index contributed by atoms with van der Waals surface area (Å²) in [6, 6.07) is 0. The molecule has 1 rings (SSSR count). The first-order chi connectivity index (χ1) is 4.06. The maximum Gasteiger partial charge on any atom is 0.171 e. The number of carbonyl (C=O) groups excluding carboxylic acids is 1. The molecular formula is C8H10O. The van der Waals surface area contributed by atoms with Crippen molar-refractivity contribution in [2.45, 2.75) is 13.8 Å². The molecule has 0 aromatic rings. The molecule has 48 valence electrons. The molecule has 0 aliphatic heterocycles. The Labute approximate surface area is 55.1 Å². The van der Waals surface area contributed by atoms with Gasteiger partial charge >= 0.3 is 0 Å². The Bertz CT molecular complexity index is 193. The van der Waals surface area contributed by atoms with Gasteiger partial charge in [-0.2, -0.15) is 0 Å². The highest BCUT2D eigenvalue weighted by atomic mass is 16.1. The highest BCUT2D eigenvalue weighted by Gasteiger charge is 2.36. The van der Waals surface area contributed by atoms with Crippen molar-refractivity contribution in [3.05, 3.63) is 24.3 Å². The summed E-state index contributed by atoms with van der Waals surface area (Å²) in [7, 11) is 0. The molecule has 0 atom stereocenters. The second kappa shape index (κ2) is 1.56. The second-order valence-electron chi connectivity index (χ2n) is 2.73. The monoisotopic (exact) mass is 122 g/mol. The molecular weight excluding hydrogens is 112 g/mol. The molecule has 0 amide bonds. The first-order valence-electron chi connectivity index (χ1n) is 2.97. The topological polar surface area (TPSA) is 17.1 Å². The van der Waals surface area contributed by atoms with Gasteiger partial charge in [0.05, 0.1) is 5.41 Å². The molecule has 0 radical (unpaired) electrons. The van der Waals surface area contributed by atoms with Gasteiger partial charge in [-0.25, -0.2) is 0 Å². The molecule has 1 heteroatoms. The zero-order valence-electron chi connectivity index (χ0n) is 5.77. The maximum absolute atomic E-state index is 11.1. The predicted octanol–water partition coefficient (Wildman–Crippen LogP) is 1.71. The van der Waals surface area contributed by atoms with E-state index in [4.69, 9.17) is 0 Å². The van der Waals surface area contributed by atoms with E-state index in [2.05, 4.69) is 6.58 Å². The summed E-state index contributed by atoms with van der Waals surface area (Å²) in [5, 5.41) is 0. The molecule has 1 nitrogen and oxygen atoms in total. The summed E-state index contributed by atoms with van der Waals surface area (Å²) < 4.78 is 0. The summed E-state index contributed by atoms with van der Waals surface area (Å²) in [6.07, 6.45) is 3.79. The van der Waals surface area contributed by atoms with Gasteiger partial charge in [0.2, 0.25) is 0 Å². The summed E-state index contributed by atoms with van der Waals surface area (Å²) >= 11 is 0. The van der Waals surface area contributed by atoms with Gasteiger partial charge in [0, 0.05) is 0 Å². The molecule has 0 unspecified atom stereocenters. The lowest BCUT2D eigenvalue weighted by Gasteiger charge is -2.05. The number of ketones is 1. The van der Waals surface area contributed by atoms with Crippen molar-refractivity contribution < 1.29 is 4.79 Å². The van der Waals surface area contributed by atoms with Crippen molar-refractivity contribution >= 4 is 5.78 Å². The number of rotatable bonds is 2. The van der Waals surface area contributed by atoms with Gasteiger partial charge in [-0.05, 0) is 19.4 Å². The zero-order valence-corrected chi connectivity index (χ0v) is 5.77. The number of hydrogen-bond donors (Lipinski definition) is 0. The van der Waals surface area contributed by atoms with E-state index in [9.17, 15) is 4.79 Å². The lowest BCUT2D eigenvalue weighted by Crippen LogP contribution is -2.13. The van der Waals surface area contributed by atoms with Crippen LogP contribution in [0.2, 0.25) is 0 Å². The van der Waals surface area contributed by atoms with Gasteiger partial charge < -0.3 is 0 Å². The normalized spacial score (nSPS) is 19.3. The molecule has 9 heavy (non-hydrogen) atoms. The Hall–Kier alpha value is -0.850. The minimum atomic E-state index is -0.258. The summed E-state index contributed by atoms with van der Waals surface area (Å²) in [5.74, 6) is 0.141. The second-order valence-corrected chi connectivity index (χ2v) is 2.73. The number of carbonyl (C=O) groups is 1. The van der Waals surface area contributed by atoms with Crippen LogP contribution < -0.4 is 0 Å². The third-order valence-corrected chi connectivity index (χ3v) is 1.54. The lowest BCUT2D eigenvalue weighted by atomic mass is 9.97. The Morgan fingerprint density at radius 2 is 2.00 bits per heavy atom. The van der Waals surface area contributed by atoms with E-state index in [1.807, 2.05) is 19.1 Å². The van der Waals surface area contributed by atoms with Crippen molar-refractivity contribution in [3.8, 4) is 0 Å². The summed E-state index contributed by atoms with van der Waals surface area (Å²) in [4.78, 5) is 11.1. The fourth-order valence-electron chi connectivity index (χ4n) is 0.736. The minimum absolute atomic E-state index is 0.141. The van der Waals surface area contributed by atoms with Gasteiger partial charge in [-0.15, -0.1) is 0 Å². The third-order valence-electron chi connectivity index (χ3n) is 1.54. The average molecular weight is 122 g/mol. The number of allylic oxidation sites excluding steroid dienone is 3. The van der Waals surface area contributed by atoms with E-state index in [0.29, 0.717) is 5.57 Å². The molecule has 0 aromatic carbocycles. The number of Topliss-reactive ketones (excluding diaryl/α,β-unsaturated/α-hetero) is 1. The van der Waals surface area contributed by atoms with Gasteiger partial charge in [-0.1, -0.05) is 18.7 Å². The van der Waals surface area contributed by atoms with Crippen molar-refractivity contribution in [2.24, 2.45) is 5.41 Å². The average Bonchev–Trinajstić information content (AvgIpc) is 2.47. The van der Waals surface area contributed by atoms with E-state index in [-0.39, 0.29) is 11.2 Å². The summed E-state index contributed by atoms with van der Waals surface area (Å²) in [6.45, 7) is 7.21. The van der Waals surface area contributed by atoms with Crippen LogP contribution in [0.4, 0.5) is 0 Å². The fourth-order valence-corrected chi connectivity index (χ4v) is 0.736. The molecule has 0 spiro atoms. The van der Waals surface area contributed by atoms with Crippen molar-refractivity contribution in [1.29, 1.82) is 0 Å². The maximum atomic E-state index is 11.1. The smallest absolute Gasteiger partial charge is 0.171 e. The largest absolute Gasteiger partial charge is 0.293 e. The zero-order chi connectivity index (χ0) is 7.07. The van der Waals surface area contributed by atoms with E-state index in [1.165, 1.54) is 0 Å². The van der Waals surface area contributed by atoms with Crippen molar-refractivity contribution in [3.63, 3.8) is 0 Å². The van der Waals surface area contributed by atoms with Gasteiger partial charge in [0.1, 0.15) is 0 Å². The number of hydrogen-bond acceptors (Lipinski definition) is 1. The molecule has 0 fully saturated rings. The highest BCUT2D eigenvalue weighted by Crippen LogP contribution is 2.36. The SMILES string of the molecule is C=C(C)C(=O)C1(C)C=C1. The van der Waals surface area contributed by atoms with Crippen LogP contribution in [0.25, 0.3) is 0 Å². The van der Waals surface area contributed by atoms with E-state index < -0.39 is 0 Å². The van der Waals surface area contributed by atoms with Crippen LogP contribution in [-0.4, -0.2) is 5.78 Å². The van der Waals surface area contributed by atoms with E-state index >= 15 is 0 Å². The third kappa shape index (κ3) is 0.947. The fraction of sp³-hybridized carbons (Fsp3) is 0.375. The first-order valence-corrected chi connectivity index (χ1v) is 2.97. The van der Waals surface area contributed by atoms with Crippen LogP contribution in [-0.2, 0) is 4.79 Å². The van der Waals surface area contributed by atoms with Gasteiger partial charge in [-0.3, -0.25) is 4.79 Å². The van der Waals surface area contributed by atoms with Crippen LogP contribution >= 0.6 is 0 Å². The molecule has 0 bridgehead atoms. The van der Waals surface area contributed by atoms with Crippen molar-refractivity contribution in [2.75, 3.05) is 0 Å². The molecule has 1 aliphatic rings.